The molecule has 0 spiro atoms. The summed E-state index contributed by atoms with van der Waals surface area (Å²) in [6, 6.07) is 14.8. The molecule has 184 valence electrons. The second kappa shape index (κ2) is 11.6. The number of H-pyrrole nitrogens is 1. The molecule has 0 saturated carbocycles. The number of hydrogen-bond donors (Lipinski definition) is 3. The number of carbonyl (C=O) groups is 1. The molecule has 1 amide bonds. The van der Waals surface area contributed by atoms with Crippen LogP contribution in [0, 0.1) is 10.1 Å². The molecule has 0 aliphatic heterocycles. The zero-order valence-corrected chi connectivity index (χ0v) is 19.1. The van der Waals surface area contributed by atoms with Gasteiger partial charge in [0.2, 0.25) is 5.91 Å². The predicted octanol–water partition coefficient (Wildman–Crippen LogP) is 1.56. The van der Waals surface area contributed by atoms with Gasteiger partial charge in [0, 0.05) is 38.1 Å². The molecule has 3 rings (SSSR count). The van der Waals surface area contributed by atoms with Gasteiger partial charge < -0.3 is 20.7 Å². The van der Waals surface area contributed by atoms with Crippen molar-refractivity contribution in [3.05, 3.63) is 91.1 Å². The molecule has 0 aliphatic carbocycles. The van der Waals surface area contributed by atoms with Crippen molar-refractivity contribution in [3.63, 3.8) is 0 Å². The Labute approximate surface area is 200 Å². The molecule has 0 aliphatic rings. The number of anilines is 3. The Bertz CT molecular complexity index is 1300. The Morgan fingerprint density at radius 1 is 1.20 bits per heavy atom. The number of nitrogens with zero attached hydrogens (tertiary/aromatic N) is 3. The van der Waals surface area contributed by atoms with E-state index in [0.717, 1.165) is 5.56 Å². The molecule has 3 aromatic rings. The molecule has 4 N–H and O–H groups in total. The van der Waals surface area contributed by atoms with Gasteiger partial charge in [-0.05, 0) is 18.1 Å². The summed E-state index contributed by atoms with van der Waals surface area (Å²) in [5, 5.41) is 13.8. The van der Waals surface area contributed by atoms with E-state index in [1.54, 1.807) is 18.2 Å². The van der Waals surface area contributed by atoms with Gasteiger partial charge in [-0.2, -0.15) is 0 Å². The average Bonchev–Trinajstić information content (AvgIpc) is 2.85. The molecular formula is C23H26N6O6. The summed E-state index contributed by atoms with van der Waals surface area (Å²) in [7, 11) is 1.51. The molecule has 0 atom stereocenters. The zero-order valence-electron chi connectivity index (χ0n) is 19.1. The number of nitro benzene ring substituents is 1. The minimum Gasteiger partial charge on any atom is -0.385 e. The third-order valence-corrected chi connectivity index (χ3v) is 5.20. The fourth-order valence-corrected chi connectivity index (χ4v) is 3.49. The van der Waals surface area contributed by atoms with Crippen LogP contribution in [0.5, 0.6) is 0 Å². The number of aromatic amines is 1. The summed E-state index contributed by atoms with van der Waals surface area (Å²) in [6.45, 7) is 0.246. The Morgan fingerprint density at radius 3 is 2.63 bits per heavy atom. The largest absolute Gasteiger partial charge is 0.385 e. The number of nitrogen functional groups attached to an aromatic ring is 1. The molecule has 0 saturated heterocycles. The topological polar surface area (TPSA) is 166 Å². The molecular weight excluding hydrogens is 456 g/mol. The van der Waals surface area contributed by atoms with E-state index in [9.17, 15) is 24.5 Å². The van der Waals surface area contributed by atoms with Gasteiger partial charge in [0.15, 0.2) is 5.69 Å². The number of amides is 1. The van der Waals surface area contributed by atoms with Crippen molar-refractivity contribution in [3.8, 4) is 0 Å². The van der Waals surface area contributed by atoms with Crippen molar-refractivity contribution in [1.82, 2.24) is 9.55 Å². The second-order valence-corrected chi connectivity index (χ2v) is 7.62. The normalized spacial score (nSPS) is 10.7. The first-order chi connectivity index (χ1) is 16.8. The van der Waals surface area contributed by atoms with Crippen LogP contribution < -0.4 is 27.2 Å². The highest BCUT2D eigenvalue weighted by molar-refractivity contribution is 5.98. The van der Waals surface area contributed by atoms with Crippen LogP contribution in [0.25, 0.3) is 0 Å². The van der Waals surface area contributed by atoms with Gasteiger partial charge in [-0.1, -0.05) is 36.4 Å². The lowest BCUT2D eigenvalue weighted by atomic mass is 10.2. The number of nitrogens with one attached hydrogen (secondary N) is 2. The van der Waals surface area contributed by atoms with Gasteiger partial charge in [-0.3, -0.25) is 29.3 Å². The second-order valence-electron chi connectivity index (χ2n) is 7.62. The van der Waals surface area contributed by atoms with Gasteiger partial charge in [-0.15, -0.1) is 0 Å². The van der Waals surface area contributed by atoms with Crippen LogP contribution in [0.3, 0.4) is 0 Å². The monoisotopic (exact) mass is 482 g/mol. The van der Waals surface area contributed by atoms with E-state index in [4.69, 9.17) is 10.5 Å². The van der Waals surface area contributed by atoms with E-state index in [-0.39, 0.29) is 36.8 Å². The van der Waals surface area contributed by atoms with Crippen LogP contribution in [0.4, 0.5) is 22.9 Å². The molecule has 1 heterocycles. The number of carbonyl (C=O) groups excluding carboxylic acids is 1. The Hall–Kier alpha value is -4.45. The maximum atomic E-state index is 13.2. The van der Waals surface area contributed by atoms with Crippen LogP contribution in [-0.4, -0.2) is 47.2 Å². The summed E-state index contributed by atoms with van der Waals surface area (Å²) >= 11 is 0. The number of aromatic nitrogens is 2. The molecule has 35 heavy (non-hydrogen) atoms. The average molecular weight is 482 g/mol. The summed E-state index contributed by atoms with van der Waals surface area (Å²) < 4.78 is 6.26. The first-order valence-electron chi connectivity index (χ1n) is 10.8. The maximum absolute atomic E-state index is 13.2. The number of nitro groups is 1. The molecule has 1 aromatic heterocycles. The number of nitrogens with two attached hydrogens (primary N) is 1. The predicted molar refractivity (Wildman–Crippen MR) is 132 cm³/mol. The first-order valence-corrected chi connectivity index (χ1v) is 10.8. The molecule has 0 fully saturated rings. The van der Waals surface area contributed by atoms with Crippen LogP contribution in [0.15, 0.2) is 64.2 Å². The van der Waals surface area contributed by atoms with Gasteiger partial charge >= 0.3 is 5.69 Å². The van der Waals surface area contributed by atoms with E-state index in [2.05, 4.69) is 10.3 Å². The zero-order chi connectivity index (χ0) is 25.4. The lowest BCUT2D eigenvalue weighted by Crippen LogP contribution is -2.44. The van der Waals surface area contributed by atoms with Crippen LogP contribution >= 0.6 is 0 Å². The number of methoxy groups -OCH3 is 1. The molecule has 0 radical (unpaired) electrons. The summed E-state index contributed by atoms with van der Waals surface area (Å²) in [4.78, 5) is 52.4. The van der Waals surface area contributed by atoms with E-state index >= 15 is 0 Å². The minimum absolute atomic E-state index is 0.0973. The Morgan fingerprint density at radius 2 is 1.94 bits per heavy atom. The van der Waals surface area contributed by atoms with E-state index < -0.39 is 22.1 Å². The van der Waals surface area contributed by atoms with Gasteiger partial charge in [0.05, 0.1) is 18.0 Å². The summed E-state index contributed by atoms with van der Waals surface area (Å²) in [5.74, 6) is -0.668. The van der Waals surface area contributed by atoms with Gasteiger partial charge in [0.1, 0.15) is 5.82 Å². The molecule has 2 aromatic carbocycles. The van der Waals surface area contributed by atoms with Crippen molar-refractivity contribution >= 4 is 28.8 Å². The standard InChI is InChI=1S/C23H26N6O6/c1-35-12-6-11-27(19(30)14-25-17-9-5-10-18(13-17)29(33)34)20-21(24)28(23(32)26-22(20)31)15-16-7-3-2-4-8-16/h2-5,7-10,13,25H,6,11-12,14-15,24H2,1H3,(H,26,31,32). The number of rotatable bonds is 11. The number of non-ortho nitro benzene ring substituents is 1. The van der Waals surface area contributed by atoms with Crippen LogP contribution in [0.1, 0.15) is 12.0 Å². The van der Waals surface area contributed by atoms with Gasteiger partial charge in [0.25, 0.3) is 11.2 Å². The summed E-state index contributed by atoms with van der Waals surface area (Å²) in [6.07, 6.45) is 0.399. The highest BCUT2D eigenvalue weighted by Crippen LogP contribution is 2.20. The SMILES string of the molecule is COCCCN(C(=O)CNc1cccc([N+](=O)[O-])c1)c1c(N)n(Cc2ccccc2)c(=O)[nH]c1=O. The number of ether oxygens (including phenoxy) is 1. The van der Waals surface area contributed by atoms with Crippen molar-refractivity contribution in [2.75, 3.05) is 42.8 Å². The van der Waals surface area contributed by atoms with E-state index in [1.165, 1.54) is 34.8 Å². The Kier molecular flexibility index (Phi) is 8.35. The van der Waals surface area contributed by atoms with Crippen molar-refractivity contribution < 1.29 is 14.5 Å². The minimum atomic E-state index is -0.794. The lowest BCUT2D eigenvalue weighted by Gasteiger charge is -2.25. The van der Waals surface area contributed by atoms with Crippen LogP contribution in [-0.2, 0) is 16.1 Å². The highest BCUT2D eigenvalue weighted by atomic mass is 16.6. The maximum Gasteiger partial charge on any atom is 0.330 e. The van der Waals surface area contributed by atoms with E-state index in [1.807, 2.05) is 18.2 Å². The fourth-order valence-electron chi connectivity index (χ4n) is 3.49. The summed E-state index contributed by atoms with van der Waals surface area (Å²) in [5.41, 5.74) is 5.63. The van der Waals surface area contributed by atoms with E-state index in [0.29, 0.717) is 18.7 Å². The first kappa shape index (κ1) is 25.2. The number of hydrogen-bond acceptors (Lipinski definition) is 8. The van der Waals surface area contributed by atoms with Crippen LogP contribution in [0.2, 0.25) is 0 Å². The highest BCUT2D eigenvalue weighted by Gasteiger charge is 2.24. The lowest BCUT2D eigenvalue weighted by molar-refractivity contribution is -0.384. The van der Waals surface area contributed by atoms with Gasteiger partial charge in [-0.25, -0.2) is 4.79 Å². The third-order valence-electron chi connectivity index (χ3n) is 5.20. The molecule has 12 nitrogen and oxygen atoms in total. The smallest absolute Gasteiger partial charge is 0.330 e. The fraction of sp³-hybridized carbons (Fsp3) is 0.261. The molecule has 12 heteroatoms. The van der Waals surface area contributed by atoms with Crippen molar-refractivity contribution in [2.24, 2.45) is 0 Å². The quantitative estimate of drug-likeness (QED) is 0.210. The van der Waals surface area contributed by atoms with Crippen molar-refractivity contribution in [1.29, 1.82) is 0 Å². The molecule has 0 unspecified atom stereocenters. The van der Waals surface area contributed by atoms with Crippen molar-refractivity contribution in [2.45, 2.75) is 13.0 Å². The molecule has 0 bridgehead atoms. The third kappa shape index (κ3) is 6.32. The Balaban J connectivity index is 1.92. The number of benzene rings is 2.